The molecule has 0 fully saturated rings. The Morgan fingerprint density at radius 1 is 0.955 bits per heavy atom. The Labute approximate surface area is 133 Å². The summed E-state index contributed by atoms with van der Waals surface area (Å²) >= 11 is 5.86. The standard InChI is InChI=1S/C13H12ClNO5S2/c1-9-2-7-13(12(14)8-9)22(19,20)15-21(17,18)11-5-3-10(16)4-6-11/h2-8,15-16H,1H3. The maximum atomic E-state index is 12.2. The molecule has 0 atom stereocenters. The summed E-state index contributed by atoms with van der Waals surface area (Å²) in [5.74, 6) is -0.136. The van der Waals surface area contributed by atoms with Crippen LogP contribution < -0.4 is 4.13 Å². The average Bonchev–Trinajstić information content (AvgIpc) is 2.37. The van der Waals surface area contributed by atoms with Crippen LogP contribution in [0.2, 0.25) is 5.02 Å². The van der Waals surface area contributed by atoms with Crippen LogP contribution >= 0.6 is 11.6 Å². The zero-order valence-corrected chi connectivity index (χ0v) is 13.7. The van der Waals surface area contributed by atoms with Gasteiger partial charge in [-0.15, -0.1) is 4.13 Å². The van der Waals surface area contributed by atoms with Crippen LogP contribution in [0.5, 0.6) is 5.75 Å². The van der Waals surface area contributed by atoms with Gasteiger partial charge in [-0.3, -0.25) is 0 Å². The lowest BCUT2D eigenvalue weighted by Crippen LogP contribution is -2.30. The number of benzene rings is 2. The molecule has 0 aliphatic carbocycles. The molecule has 0 amide bonds. The number of phenols is 1. The molecular weight excluding hydrogens is 350 g/mol. The van der Waals surface area contributed by atoms with E-state index in [2.05, 4.69) is 0 Å². The van der Waals surface area contributed by atoms with Gasteiger partial charge in [0.2, 0.25) is 0 Å². The van der Waals surface area contributed by atoms with Crippen LogP contribution in [0.1, 0.15) is 5.56 Å². The number of nitrogens with one attached hydrogen (secondary N) is 1. The molecular formula is C13H12ClNO5S2. The highest BCUT2D eigenvalue weighted by Crippen LogP contribution is 2.24. The van der Waals surface area contributed by atoms with Gasteiger partial charge in [-0.2, -0.15) is 0 Å². The van der Waals surface area contributed by atoms with Gasteiger partial charge in [0.25, 0.3) is 20.0 Å². The Kier molecular flexibility index (Phi) is 4.48. The first kappa shape index (κ1) is 16.8. The van der Waals surface area contributed by atoms with Crippen LogP contribution in [0.25, 0.3) is 0 Å². The summed E-state index contributed by atoms with van der Waals surface area (Å²) in [5, 5.41) is 9.07. The van der Waals surface area contributed by atoms with E-state index in [1.807, 2.05) is 0 Å². The first-order valence-electron chi connectivity index (χ1n) is 5.96. The molecule has 2 aromatic carbocycles. The predicted octanol–water partition coefficient (Wildman–Crippen LogP) is 2.02. The molecule has 0 unspecified atom stereocenters. The largest absolute Gasteiger partial charge is 0.508 e. The third-order valence-electron chi connectivity index (χ3n) is 2.74. The van der Waals surface area contributed by atoms with Crippen molar-refractivity contribution < 1.29 is 21.9 Å². The quantitative estimate of drug-likeness (QED) is 0.867. The van der Waals surface area contributed by atoms with E-state index >= 15 is 0 Å². The minimum atomic E-state index is -4.36. The lowest BCUT2D eigenvalue weighted by molar-refractivity contribution is 0.475. The normalized spacial score (nSPS) is 12.3. The highest BCUT2D eigenvalue weighted by atomic mass is 35.5. The summed E-state index contributed by atoms with van der Waals surface area (Å²) in [5.41, 5.74) is 0.741. The smallest absolute Gasteiger partial charge is 0.255 e. The highest BCUT2D eigenvalue weighted by Gasteiger charge is 2.26. The predicted molar refractivity (Wildman–Crippen MR) is 81.8 cm³/mol. The van der Waals surface area contributed by atoms with Crippen molar-refractivity contribution in [2.75, 3.05) is 0 Å². The second-order valence-electron chi connectivity index (χ2n) is 4.52. The van der Waals surface area contributed by atoms with Gasteiger partial charge in [0.05, 0.1) is 9.92 Å². The molecule has 0 bridgehead atoms. The Hall–Kier alpha value is -1.61. The second kappa shape index (κ2) is 5.88. The summed E-state index contributed by atoms with van der Waals surface area (Å²) < 4.78 is 50.2. The lowest BCUT2D eigenvalue weighted by Gasteiger charge is -2.09. The number of aryl methyl sites for hydroxylation is 1. The summed E-state index contributed by atoms with van der Waals surface area (Å²) in [7, 11) is -8.67. The van der Waals surface area contributed by atoms with Gasteiger partial charge in [0, 0.05) is 0 Å². The van der Waals surface area contributed by atoms with E-state index in [1.165, 1.54) is 18.2 Å². The van der Waals surface area contributed by atoms with E-state index in [9.17, 15) is 16.8 Å². The van der Waals surface area contributed by atoms with Gasteiger partial charge in [-0.05, 0) is 48.9 Å². The van der Waals surface area contributed by atoms with Crippen molar-refractivity contribution in [3.05, 3.63) is 53.1 Å². The van der Waals surface area contributed by atoms with Gasteiger partial charge in [0.15, 0.2) is 0 Å². The molecule has 0 aliphatic heterocycles. The van der Waals surface area contributed by atoms with E-state index in [1.54, 1.807) is 11.1 Å². The molecule has 22 heavy (non-hydrogen) atoms. The van der Waals surface area contributed by atoms with E-state index in [0.29, 0.717) is 0 Å². The number of aromatic hydroxyl groups is 1. The summed E-state index contributed by atoms with van der Waals surface area (Å²) in [4.78, 5) is -0.626. The Balaban J connectivity index is 2.41. The monoisotopic (exact) mass is 361 g/mol. The third-order valence-corrected chi connectivity index (χ3v) is 6.75. The molecule has 0 saturated carbocycles. The molecule has 0 spiro atoms. The molecule has 9 heteroatoms. The molecule has 0 saturated heterocycles. The molecule has 0 heterocycles. The van der Waals surface area contributed by atoms with Crippen molar-refractivity contribution in [3.8, 4) is 5.75 Å². The van der Waals surface area contributed by atoms with Crippen LogP contribution in [0.4, 0.5) is 0 Å². The van der Waals surface area contributed by atoms with Crippen molar-refractivity contribution in [2.24, 2.45) is 0 Å². The van der Waals surface area contributed by atoms with E-state index in [4.69, 9.17) is 16.7 Å². The Bertz CT molecular complexity index is 906. The zero-order valence-electron chi connectivity index (χ0n) is 11.3. The van der Waals surface area contributed by atoms with Crippen LogP contribution in [0, 0.1) is 6.92 Å². The van der Waals surface area contributed by atoms with E-state index in [-0.39, 0.29) is 20.6 Å². The summed E-state index contributed by atoms with van der Waals surface area (Å²) in [6.45, 7) is 1.73. The minimum absolute atomic E-state index is 0.0755. The number of rotatable bonds is 4. The van der Waals surface area contributed by atoms with Gasteiger partial charge >= 0.3 is 0 Å². The highest BCUT2D eigenvalue weighted by molar-refractivity contribution is 8.04. The molecule has 2 N–H and O–H groups in total. The van der Waals surface area contributed by atoms with Crippen LogP contribution in [0.15, 0.2) is 52.3 Å². The minimum Gasteiger partial charge on any atom is -0.508 e. The van der Waals surface area contributed by atoms with E-state index in [0.717, 1.165) is 29.8 Å². The van der Waals surface area contributed by atoms with E-state index < -0.39 is 20.0 Å². The average molecular weight is 362 g/mol. The zero-order chi connectivity index (χ0) is 16.5. The molecule has 6 nitrogen and oxygen atoms in total. The SMILES string of the molecule is Cc1ccc(S(=O)(=O)NS(=O)(=O)c2ccc(O)cc2)c(Cl)c1. The van der Waals surface area contributed by atoms with Crippen LogP contribution in [0.3, 0.4) is 0 Å². The molecule has 2 aromatic rings. The second-order valence-corrected chi connectivity index (χ2v) is 8.52. The fourth-order valence-electron chi connectivity index (χ4n) is 1.69. The molecule has 0 aromatic heterocycles. The first-order valence-corrected chi connectivity index (χ1v) is 9.30. The maximum Gasteiger partial charge on any atom is 0.255 e. The molecule has 118 valence electrons. The fourth-order valence-corrected chi connectivity index (χ4v) is 5.18. The number of halogens is 1. The van der Waals surface area contributed by atoms with Gasteiger partial charge < -0.3 is 5.11 Å². The summed E-state index contributed by atoms with van der Waals surface area (Å²) in [6, 6.07) is 8.61. The first-order chi connectivity index (χ1) is 10.1. The van der Waals surface area contributed by atoms with Crippen molar-refractivity contribution in [2.45, 2.75) is 16.7 Å². The van der Waals surface area contributed by atoms with Crippen LogP contribution in [-0.4, -0.2) is 21.9 Å². The number of phenolic OH excluding ortho intramolecular Hbond substituents is 1. The summed E-state index contributed by atoms with van der Waals surface area (Å²) in [6.07, 6.45) is 0. The van der Waals surface area contributed by atoms with Crippen molar-refractivity contribution in [1.29, 1.82) is 0 Å². The number of sulfonamides is 2. The molecule has 0 aliphatic rings. The Morgan fingerprint density at radius 3 is 2.09 bits per heavy atom. The number of hydrogen-bond donors (Lipinski definition) is 2. The maximum absolute atomic E-state index is 12.2. The number of hydrogen-bond acceptors (Lipinski definition) is 5. The fraction of sp³-hybridized carbons (Fsp3) is 0.0769. The van der Waals surface area contributed by atoms with Gasteiger partial charge in [-0.25, -0.2) is 16.8 Å². The van der Waals surface area contributed by atoms with Crippen molar-refractivity contribution >= 4 is 31.6 Å². The van der Waals surface area contributed by atoms with Crippen LogP contribution in [-0.2, 0) is 20.0 Å². The van der Waals surface area contributed by atoms with Gasteiger partial charge in [-0.1, -0.05) is 17.7 Å². The molecule has 0 radical (unpaired) electrons. The van der Waals surface area contributed by atoms with Gasteiger partial charge in [0.1, 0.15) is 10.6 Å². The van der Waals surface area contributed by atoms with Crippen molar-refractivity contribution in [3.63, 3.8) is 0 Å². The molecule has 2 rings (SSSR count). The van der Waals surface area contributed by atoms with Crippen molar-refractivity contribution in [1.82, 2.24) is 4.13 Å². The lowest BCUT2D eigenvalue weighted by atomic mass is 10.2. The topological polar surface area (TPSA) is 101 Å². The Morgan fingerprint density at radius 2 is 1.55 bits per heavy atom. The third kappa shape index (κ3) is 3.58.